The Kier molecular flexibility index (Phi) is 6.36. The number of benzene rings is 1. The third kappa shape index (κ3) is 5.00. The standard InChI is InChI=1S/C23H24ClFN4S2/c24-23-18(11-21(30-23)31-28-20-8-4-7-19(25)27-20)26-22-16-9-10-17(22)14-29(13-16)12-15-5-2-1-3-6-15/h1-8,11,16-17,22,26H,9-10,12-14H2,(H,27,28). The number of hydrogen-bond acceptors (Lipinski definition) is 6. The van der Waals surface area contributed by atoms with Crippen molar-refractivity contribution in [3.63, 3.8) is 0 Å². The van der Waals surface area contributed by atoms with E-state index in [1.807, 2.05) is 0 Å². The summed E-state index contributed by atoms with van der Waals surface area (Å²) in [6, 6.07) is 18.0. The number of rotatable bonds is 7. The van der Waals surface area contributed by atoms with Crippen LogP contribution >= 0.6 is 34.9 Å². The van der Waals surface area contributed by atoms with E-state index in [0.717, 1.165) is 33.9 Å². The number of hydrogen-bond donors (Lipinski definition) is 2. The van der Waals surface area contributed by atoms with Gasteiger partial charge in [0.25, 0.3) is 0 Å². The van der Waals surface area contributed by atoms with Crippen LogP contribution in [0.4, 0.5) is 15.9 Å². The zero-order valence-corrected chi connectivity index (χ0v) is 19.3. The fourth-order valence-corrected chi connectivity index (χ4v) is 6.88. The maximum absolute atomic E-state index is 13.3. The normalized spacial score (nSPS) is 23.1. The molecule has 2 aromatic heterocycles. The van der Waals surface area contributed by atoms with Gasteiger partial charge in [0.1, 0.15) is 10.2 Å². The monoisotopic (exact) mass is 474 g/mol. The summed E-state index contributed by atoms with van der Waals surface area (Å²) in [5.41, 5.74) is 2.39. The predicted octanol–water partition coefficient (Wildman–Crippen LogP) is 6.38. The molecule has 2 atom stereocenters. The molecule has 1 aliphatic heterocycles. The summed E-state index contributed by atoms with van der Waals surface area (Å²) in [4.78, 5) is 6.43. The molecule has 31 heavy (non-hydrogen) atoms. The van der Waals surface area contributed by atoms with E-state index < -0.39 is 5.95 Å². The SMILES string of the molecule is Fc1cccc(NSc2cc(NC3C4CCC3CN(Cc3ccccc3)C4)c(Cl)s2)n1. The van der Waals surface area contributed by atoms with Gasteiger partial charge in [0.15, 0.2) is 0 Å². The van der Waals surface area contributed by atoms with E-state index in [1.54, 1.807) is 12.1 Å². The maximum Gasteiger partial charge on any atom is 0.214 e. The lowest BCUT2D eigenvalue weighted by atomic mass is 9.91. The van der Waals surface area contributed by atoms with E-state index in [-0.39, 0.29) is 0 Å². The first-order valence-electron chi connectivity index (χ1n) is 10.5. The fraction of sp³-hybridized carbons (Fsp3) is 0.348. The lowest BCUT2D eigenvalue weighted by Gasteiger charge is -2.38. The zero-order chi connectivity index (χ0) is 21.2. The van der Waals surface area contributed by atoms with Crippen LogP contribution in [0.1, 0.15) is 18.4 Å². The quantitative estimate of drug-likeness (QED) is 0.307. The molecule has 2 fully saturated rings. The second kappa shape index (κ2) is 9.36. The minimum atomic E-state index is -0.494. The van der Waals surface area contributed by atoms with Crippen LogP contribution in [-0.2, 0) is 6.54 Å². The molecule has 1 aromatic carbocycles. The van der Waals surface area contributed by atoms with Crippen molar-refractivity contribution in [2.75, 3.05) is 23.1 Å². The fourth-order valence-electron chi connectivity index (χ4n) is 4.77. The molecule has 4 nitrogen and oxygen atoms in total. The molecule has 0 amide bonds. The Labute approximate surface area is 195 Å². The molecule has 2 bridgehead atoms. The molecule has 8 heteroatoms. The van der Waals surface area contributed by atoms with Crippen molar-refractivity contribution in [2.24, 2.45) is 11.8 Å². The van der Waals surface area contributed by atoms with Gasteiger partial charge in [-0.3, -0.25) is 4.90 Å². The first-order valence-corrected chi connectivity index (χ1v) is 12.5. The highest BCUT2D eigenvalue weighted by atomic mass is 35.5. The van der Waals surface area contributed by atoms with Gasteiger partial charge in [-0.25, -0.2) is 4.98 Å². The number of aromatic nitrogens is 1. The molecule has 2 N–H and O–H groups in total. The van der Waals surface area contributed by atoms with Gasteiger partial charge in [0.05, 0.1) is 9.90 Å². The number of nitrogens with one attached hydrogen (secondary N) is 2. The summed E-state index contributed by atoms with van der Waals surface area (Å²) in [6.07, 6.45) is 2.54. The molecule has 2 unspecified atom stereocenters. The smallest absolute Gasteiger partial charge is 0.214 e. The molecule has 2 aliphatic rings. The molecule has 1 saturated carbocycles. The van der Waals surface area contributed by atoms with Crippen molar-refractivity contribution in [1.29, 1.82) is 0 Å². The second-order valence-electron chi connectivity index (χ2n) is 8.25. The Hall–Kier alpha value is -1.80. The predicted molar refractivity (Wildman–Crippen MR) is 128 cm³/mol. The van der Waals surface area contributed by atoms with Crippen molar-refractivity contribution < 1.29 is 4.39 Å². The number of piperidine rings is 1. The molecule has 0 radical (unpaired) electrons. The van der Waals surface area contributed by atoms with Crippen molar-refractivity contribution >= 4 is 46.4 Å². The number of thiophene rings is 1. The van der Waals surface area contributed by atoms with E-state index in [9.17, 15) is 4.39 Å². The maximum atomic E-state index is 13.3. The Morgan fingerprint density at radius 2 is 1.87 bits per heavy atom. The highest BCUT2D eigenvalue weighted by Gasteiger charge is 2.42. The lowest BCUT2D eigenvalue weighted by Crippen LogP contribution is -2.47. The summed E-state index contributed by atoms with van der Waals surface area (Å²) < 4.78 is 18.1. The molecule has 1 aliphatic carbocycles. The third-order valence-corrected chi connectivity index (χ3v) is 8.40. The van der Waals surface area contributed by atoms with Crippen LogP contribution in [0, 0.1) is 17.8 Å². The summed E-state index contributed by atoms with van der Waals surface area (Å²) in [7, 11) is 0. The average molecular weight is 475 g/mol. The molecule has 0 spiro atoms. The summed E-state index contributed by atoms with van der Waals surface area (Å²) in [5.74, 6) is 1.28. The zero-order valence-electron chi connectivity index (χ0n) is 16.9. The number of pyridine rings is 1. The highest BCUT2D eigenvalue weighted by Crippen LogP contribution is 2.43. The molecule has 3 heterocycles. The molecular weight excluding hydrogens is 451 g/mol. The lowest BCUT2D eigenvalue weighted by molar-refractivity contribution is 0.148. The van der Waals surface area contributed by atoms with E-state index in [4.69, 9.17) is 11.6 Å². The van der Waals surface area contributed by atoms with Crippen LogP contribution in [0.25, 0.3) is 0 Å². The Balaban J connectivity index is 1.20. The molecule has 3 aromatic rings. The summed E-state index contributed by atoms with van der Waals surface area (Å²) in [6.45, 7) is 3.28. The number of fused-ring (bicyclic) bond motifs is 2. The second-order valence-corrected chi connectivity index (χ2v) is 11.0. The Bertz CT molecular complexity index is 1020. The van der Waals surface area contributed by atoms with Crippen LogP contribution < -0.4 is 10.0 Å². The first kappa shape index (κ1) is 21.1. The van der Waals surface area contributed by atoms with Crippen molar-refractivity contribution in [1.82, 2.24) is 9.88 Å². The molecular formula is C23H24ClFN4S2. The minimum absolute atomic E-state index is 0.467. The molecule has 162 valence electrons. The van der Waals surface area contributed by atoms with E-state index in [1.165, 1.54) is 47.8 Å². The van der Waals surface area contributed by atoms with Crippen molar-refractivity contribution in [3.8, 4) is 0 Å². The van der Waals surface area contributed by atoms with Crippen LogP contribution in [0.15, 0.2) is 58.8 Å². The Morgan fingerprint density at radius 1 is 1.10 bits per heavy atom. The minimum Gasteiger partial charge on any atom is -0.380 e. The Morgan fingerprint density at radius 3 is 2.61 bits per heavy atom. The van der Waals surface area contributed by atoms with Crippen molar-refractivity contribution in [2.45, 2.75) is 29.6 Å². The van der Waals surface area contributed by atoms with Gasteiger partial charge in [-0.1, -0.05) is 48.0 Å². The van der Waals surface area contributed by atoms with Crippen LogP contribution in [0.5, 0.6) is 0 Å². The van der Waals surface area contributed by atoms with Crippen LogP contribution in [0.2, 0.25) is 4.34 Å². The van der Waals surface area contributed by atoms with Gasteiger partial charge < -0.3 is 10.0 Å². The van der Waals surface area contributed by atoms with Gasteiger partial charge in [-0.15, -0.1) is 11.3 Å². The van der Waals surface area contributed by atoms with Crippen LogP contribution in [-0.4, -0.2) is 29.0 Å². The number of halogens is 2. The number of nitrogens with zero attached hydrogens (tertiary/aromatic N) is 2. The molecule has 1 saturated heterocycles. The van der Waals surface area contributed by atoms with Gasteiger partial charge in [-0.05, 0) is 60.4 Å². The van der Waals surface area contributed by atoms with Gasteiger partial charge in [0, 0.05) is 25.7 Å². The highest BCUT2D eigenvalue weighted by molar-refractivity contribution is 8.02. The molecule has 5 rings (SSSR count). The number of anilines is 2. The largest absolute Gasteiger partial charge is 0.380 e. The van der Waals surface area contributed by atoms with E-state index >= 15 is 0 Å². The topological polar surface area (TPSA) is 40.2 Å². The van der Waals surface area contributed by atoms with Gasteiger partial charge in [0.2, 0.25) is 5.95 Å². The first-order chi connectivity index (χ1) is 15.1. The number of likely N-dealkylation sites (tertiary alicyclic amines) is 1. The third-order valence-electron chi connectivity index (χ3n) is 6.12. The van der Waals surface area contributed by atoms with E-state index in [2.05, 4.69) is 56.3 Å². The van der Waals surface area contributed by atoms with E-state index in [0.29, 0.717) is 23.7 Å². The van der Waals surface area contributed by atoms with Gasteiger partial charge >= 0.3 is 0 Å². The van der Waals surface area contributed by atoms with Crippen molar-refractivity contribution in [3.05, 3.63) is 70.4 Å². The average Bonchev–Trinajstić information content (AvgIpc) is 3.22. The summed E-state index contributed by atoms with van der Waals surface area (Å²) >= 11 is 9.48. The van der Waals surface area contributed by atoms with Crippen LogP contribution in [0.3, 0.4) is 0 Å². The summed E-state index contributed by atoms with van der Waals surface area (Å²) in [5, 5.41) is 3.76. The van der Waals surface area contributed by atoms with Gasteiger partial charge in [-0.2, -0.15) is 4.39 Å².